The van der Waals surface area contributed by atoms with Crippen molar-refractivity contribution in [2.75, 3.05) is 26.7 Å². The molecule has 2 heterocycles. The minimum Gasteiger partial charge on any atom is -0.342 e. The Morgan fingerprint density at radius 3 is 2.75 bits per heavy atom. The molecule has 2 aliphatic heterocycles. The van der Waals surface area contributed by atoms with E-state index in [1.165, 1.54) is 5.56 Å². The van der Waals surface area contributed by atoms with Crippen molar-refractivity contribution < 1.29 is 4.79 Å². The van der Waals surface area contributed by atoms with Crippen molar-refractivity contribution in [2.45, 2.75) is 51.2 Å². The number of benzene rings is 1. The van der Waals surface area contributed by atoms with Crippen LogP contribution in [-0.4, -0.2) is 54.5 Å². The minimum absolute atomic E-state index is 0.182. The zero-order valence-electron chi connectivity index (χ0n) is 15.1. The number of nitrogens with one attached hydrogen (secondary N) is 1. The summed E-state index contributed by atoms with van der Waals surface area (Å²) in [4.78, 5) is 17.3. The Kier molecular flexibility index (Phi) is 5.90. The van der Waals surface area contributed by atoms with Gasteiger partial charge in [0.25, 0.3) is 0 Å². The molecule has 2 fully saturated rings. The topological polar surface area (TPSA) is 35.6 Å². The highest BCUT2D eigenvalue weighted by Gasteiger charge is 2.32. The molecule has 3 rings (SSSR count). The average Bonchev–Trinajstić information content (AvgIpc) is 2.64. The van der Waals surface area contributed by atoms with Gasteiger partial charge in [-0.15, -0.1) is 0 Å². The third-order valence-electron chi connectivity index (χ3n) is 5.76. The minimum atomic E-state index is 0.182. The van der Waals surface area contributed by atoms with Gasteiger partial charge >= 0.3 is 0 Å². The Balaban J connectivity index is 1.53. The fraction of sp³-hybridized carbons (Fsp3) is 0.650. The van der Waals surface area contributed by atoms with Gasteiger partial charge in [-0.25, -0.2) is 0 Å². The van der Waals surface area contributed by atoms with E-state index in [0.717, 1.165) is 51.9 Å². The predicted octanol–water partition coefficient (Wildman–Crippen LogP) is 2.50. The maximum absolute atomic E-state index is 12.7. The van der Waals surface area contributed by atoms with Crippen molar-refractivity contribution in [3.05, 3.63) is 35.9 Å². The smallest absolute Gasteiger partial charge is 0.226 e. The molecule has 24 heavy (non-hydrogen) atoms. The number of amides is 1. The first-order chi connectivity index (χ1) is 11.6. The van der Waals surface area contributed by atoms with E-state index < -0.39 is 0 Å². The highest BCUT2D eigenvalue weighted by molar-refractivity contribution is 5.79. The van der Waals surface area contributed by atoms with E-state index in [9.17, 15) is 4.79 Å². The van der Waals surface area contributed by atoms with Gasteiger partial charge in [0, 0.05) is 38.8 Å². The van der Waals surface area contributed by atoms with E-state index in [1.54, 1.807) is 0 Å². The van der Waals surface area contributed by atoms with Crippen LogP contribution < -0.4 is 5.32 Å². The number of piperidine rings is 2. The van der Waals surface area contributed by atoms with Gasteiger partial charge in [0.15, 0.2) is 0 Å². The Hall–Kier alpha value is -1.39. The standard InChI is InChI=1S/C20H31N3O/c1-16-13-19(22(2)20(24)18-9-6-11-21-14-18)10-12-23(16)15-17-7-4-3-5-8-17/h3-5,7-8,16,18-19,21H,6,9-15H2,1-2H3. The molecule has 0 spiro atoms. The lowest BCUT2D eigenvalue weighted by Gasteiger charge is -2.42. The Bertz CT molecular complexity index is 527. The molecule has 0 radical (unpaired) electrons. The van der Waals surface area contributed by atoms with Crippen LogP contribution in [0.15, 0.2) is 30.3 Å². The van der Waals surface area contributed by atoms with Crippen LogP contribution in [0.2, 0.25) is 0 Å². The molecule has 0 saturated carbocycles. The largest absolute Gasteiger partial charge is 0.342 e. The van der Waals surface area contributed by atoms with E-state index in [2.05, 4.69) is 47.5 Å². The number of hydrogen-bond donors (Lipinski definition) is 1. The molecule has 4 heteroatoms. The maximum atomic E-state index is 12.7. The van der Waals surface area contributed by atoms with Crippen LogP contribution in [0.3, 0.4) is 0 Å². The molecule has 1 amide bonds. The molecule has 1 N–H and O–H groups in total. The van der Waals surface area contributed by atoms with E-state index >= 15 is 0 Å². The van der Waals surface area contributed by atoms with Gasteiger partial charge in [-0.1, -0.05) is 30.3 Å². The van der Waals surface area contributed by atoms with E-state index in [1.807, 2.05) is 11.9 Å². The van der Waals surface area contributed by atoms with Crippen molar-refractivity contribution in [3.63, 3.8) is 0 Å². The fourth-order valence-electron chi connectivity index (χ4n) is 4.13. The van der Waals surface area contributed by atoms with Gasteiger partial charge in [-0.3, -0.25) is 9.69 Å². The lowest BCUT2D eigenvalue weighted by atomic mass is 9.93. The molecule has 0 aliphatic carbocycles. The second kappa shape index (κ2) is 8.13. The third-order valence-corrected chi connectivity index (χ3v) is 5.76. The SMILES string of the molecule is CC1CC(N(C)C(=O)C2CCCNC2)CCN1Cc1ccccc1. The highest BCUT2D eigenvalue weighted by atomic mass is 16.2. The Labute approximate surface area is 146 Å². The fourth-order valence-corrected chi connectivity index (χ4v) is 4.13. The summed E-state index contributed by atoms with van der Waals surface area (Å²) < 4.78 is 0. The molecule has 4 nitrogen and oxygen atoms in total. The molecule has 3 unspecified atom stereocenters. The molecular formula is C20H31N3O. The normalized spacial score (nSPS) is 28.5. The second-order valence-electron chi connectivity index (χ2n) is 7.48. The van der Waals surface area contributed by atoms with Crippen molar-refractivity contribution in [3.8, 4) is 0 Å². The summed E-state index contributed by atoms with van der Waals surface area (Å²) in [7, 11) is 2.02. The van der Waals surface area contributed by atoms with E-state index in [0.29, 0.717) is 18.0 Å². The summed E-state index contributed by atoms with van der Waals surface area (Å²) >= 11 is 0. The first-order valence-corrected chi connectivity index (χ1v) is 9.40. The van der Waals surface area contributed by atoms with Crippen molar-refractivity contribution in [1.82, 2.24) is 15.1 Å². The summed E-state index contributed by atoms with van der Waals surface area (Å²) in [6, 6.07) is 11.6. The molecule has 132 valence electrons. The first kappa shape index (κ1) is 17.4. The van der Waals surface area contributed by atoms with Crippen LogP contribution in [0.25, 0.3) is 0 Å². The molecular weight excluding hydrogens is 298 g/mol. The number of carbonyl (C=O) groups is 1. The molecule has 1 aromatic carbocycles. The monoisotopic (exact) mass is 329 g/mol. The van der Waals surface area contributed by atoms with Crippen molar-refractivity contribution >= 4 is 5.91 Å². The van der Waals surface area contributed by atoms with Gasteiger partial charge in [0.1, 0.15) is 0 Å². The zero-order chi connectivity index (χ0) is 16.9. The summed E-state index contributed by atoms with van der Waals surface area (Å²) in [6.07, 6.45) is 4.32. The van der Waals surface area contributed by atoms with Crippen LogP contribution in [0, 0.1) is 5.92 Å². The lowest BCUT2D eigenvalue weighted by molar-refractivity contribution is -0.138. The number of likely N-dealkylation sites (tertiary alicyclic amines) is 1. The van der Waals surface area contributed by atoms with Gasteiger partial charge in [-0.05, 0) is 44.7 Å². The van der Waals surface area contributed by atoms with Crippen molar-refractivity contribution in [2.24, 2.45) is 5.92 Å². The first-order valence-electron chi connectivity index (χ1n) is 9.40. The number of nitrogens with zero attached hydrogens (tertiary/aromatic N) is 2. The third kappa shape index (κ3) is 4.17. The second-order valence-corrected chi connectivity index (χ2v) is 7.48. The van der Waals surface area contributed by atoms with E-state index in [-0.39, 0.29) is 5.92 Å². The summed E-state index contributed by atoms with van der Waals surface area (Å²) in [5, 5.41) is 3.36. The van der Waals surface area contributed by atoms with Gasteiger partial charge in [0.2, 0.25) is 5.91 Å². The van der Waals surface area contributed by atoms with Crippen molar-refractivity contribution in [1.29, 1.82) is 0 Å². The molecule has 0 aromatic heterocycles. The van der Waals surface area contributed by atoms with Crippen LogP contribution in [0.5, 0.6) is 0 Å². The molecule has 0 bridgehead atoms. The Morgan fingerprint density at radius 1 is 1.29 bits per heavy atom. The van der Waals surface area contributed by atoms with Gasteiger partial charge < -0.3 is 10.2 Å². The Morgan fingerprint density at radius 2 is 2.08 bits per heavy atom. The highest BCUT2D eigenvalue weighted by Crippen LogP contribution is 2.25. The summed E-state index contributed by atoms with van der Waals surface area (Å²) in [5.74, 6) is 0.525. The van der Waals surface area contributed by atoms with E-state index in [4.69, 9.17) is 0 Å². The number of hydrogen-bond acceptors (Lipinski definition) is 3. The number of carbonyl (C=O) groups excluding carboxylic acids is 1. The van der Waals surface area contributed by atoms with Crippen LogP contribution >= 0.6 is 0 Å². The van der Waals surface area contributed by atoms with Crippen LogP contribution in [0.1, 0.15) is 38.2 Å². The molecule has 2 aliphatic rings. The summed E-state index contributed by atoms with van der Waals surface area (Å²) in [6.45, 7) is 6.30. The van der Waals surface area contributed by atoms with Crippen LogP contribution in [-0.2, 0) is 11.3 Å². The summed E-state index contributed by atoms with van der Waals surface area (Å²) in [5.41, 5.74) is 1.38. The molecule has 1 aromatic rings. The molecule has 3 atom stereocenters. The van der Waals surface area contributed by atoms with Gasteiger partial charge in [0.05, 0.1) is 5.92 Å². The maximum Gasteiger partial charge on any atom is 0.226 e. The average molecular weight is 329 g/mol. The molecule has 2 saturated heterocycles. The predicted molar refractivity (Wildman–Crippen MR) is 97.7 cm³/mol. The zero-order valence-corrected chi connectivity index (χ0v) is 15.1. The lowest BCUT2D eigenvalue weighted by Crippen LogP contribution is -2.51. The van der Waals surface area contributed by atoms with Crippen LogP contribution in [0.4, 0.5) is 0 Å². The quantitative estimate of drug-likeness (QED) is 0.922. The number of rotatable bonds is 4. The van der Waals surface area contributed by atoms with Gasteiger partial charge in [-0.2, -0.15) is 0 Å².